The zero-order chi connectivity index (χ0) is 24.0. The number of esters is 1. The fraction of sp³-hybridized carbons (Fsp3) is 0.700. The van der Waals surface area contributed by atoms with Crippen LogP contribution in [0.2, 0.25) is 0 Å². The summed E-state index contributed by atoms with van der Waals surface area (Å²) in [5.41, 5.74) is 0.933. The number of allylic oxidation sites excluding steroid dienone is 2. The zero-order valence-electron chi connectivity index (χ0n) is 21.6. The van der Waals surface area contributed by atoms with Gasteiger partial charge in [0, 0.05) is 12.5 Å². The Morgan fingerprint density at radius 2 is 1.30 bits per heavy atom. The van der Waals surface area contributed by atoms with Crippen molar-refractivity contribution in [3.8, 4) is 11.5 Å². The Bertz CT molecular complexity index is 635. The highest BCUT2D eigenvalue weighted by molar-refractivity contribution is 5.72. The molecular formula is C30H50O3. The van der Waals surface area contributed by atoms with E-state index in [-0.39, 0.29) is 11.7 Å². The first-order valence-corrected chi connectivity index (χ1v) is 13.8. The molecule has 3 heteroatoms. The molecule has 1 rings (SSSR count). The van der Waals surface area contributed by atoms with Crippen molar-refractivity contribution in [1.82, 2.24) is 0 Å². The van der Waals surface area contributed by atoms with Crippen LogP contribution < -0.4 is 4.74 Å². The summed E-state index contributed by atoms with van der Waals surface area (Å²) in [7, 11) is 0. The van der Waals surface area contributed by atoms with Gasteiger partial charge >= 0.3 is 5.97 Å². The van der Waals surface area contributed by atoms with Gasteiger partial charge < -0.3 is 9.84 Å². The van der Waals surface area contributed by atoms with Crippen LogP contribution in [-0.4, -0.2) is 11.1 Å². The normalized spacial score (nSPS) is 11.3. The lowest BCUT2D eigenvalue weighted by atomic mass is 10.1. The van der Waals surface area contributed by atoms with E-state index >= 15 is 0 Å². The second kappa shape index (κ2) is 20.8. The molecule has 0 unspecified atom stereocenters. The largest absolute Gasteiger partial charge is 0.508 e. The Labute approximate surface area is 204 Å². The third-order valence-electron chi connectivity index (χ3n) is 6.23. The molecule has 0 saturated heterocycles. The Kier molecular flexibility index (Phi) is 18.5. The third kappa shape index (κ3) is 16.5. The fourth-order valence-corrected chi connectivity index (χ4v) is 4.08. The maximum Gasteiger partial charge on any atom is 0.311 e. The van der Waals surface area contributed by atoms with Gasteiger partial charge in [-0.2, -0.15) is 0 Å². The molecule has 1 aromatic rings. The molecule has 0 amide bonds. The Balaban J connectivity index is 2.01. The van der Waals surface area contributed by atoms with Crippen LogP contribution in [0, 0.1) is 0 Å². The number of aromatic hydroxyl groups is 1. The van der Waals surface area contributed by atoms with Crippen molar-refractivity contribution in [1.29, 1.82) is 0 Å². The van der Waals surface area contributed by atoms with E-state index in [1.165, 1.54) is 89.9 Å². The topological polar surface area (TPSA) is 46.5 Å². The number of carbonyl (C=O) groups is 1. The average molecular weight is 459 g/mol. The molecule has 0 atom stereocenters. The molecule has 0 fully saturated rings. The SMILES string of the molecule is CCCCCCCC/C=C\CCCCCCCC(=O)Oc1ccc(CCCCCC)c(O)c1. The molecule has 0 bridgehead atoms. The van der Waals surface area contributed by atoms with Gasteiger partial charge in [0.05, 0.1) is 0 Å². The maximum atomic E-state index is 12.1. The molecule has 0 radical (unpaired) electrons. The van der Waals surface area contributed by atoms with Crippen molar-refractivity contribution in [2.24, 2.45) is 0 Å². The molecule has 188 valence electrons. The monoisotopic (exact) mass is 458 g/mol. The summed E-state index contributed by atoms with van der Waals surface area (Å²) in [6, 6.07) is 5.26. The van der Waals surface area contributed by atoms with Crippen molar-refractivity contribution in [3.63, 3.8) is 0 Å². The van der Waals surface area contributed by atoms with E-state index in [2.05, 4.69) is 26.0 Å². The zero-order valence-corrected chi connectivity index (χ0v) is 21.6. The van der Waals surface area contributed by atoms with Crippen molar-refractivity contribution in [2.75, 3.05) is 0 Å². The Morgan fingerprint density at radius 1 is 0.758 bits per heavy atom. The maximum absolute atomic E-state index is 12.1. The fourth-order valence-electron chi connectivity index (χ4n) is 4.08. The van der Waals surface area contributed by atoms with E-state index in [9.17, 15) is 9.90 Å². The first-order valence-electron chi connectivity index (χ1n) is 13.8. The molecule has 0 aliphatic heterocycles. The van der Waals surface area contributed by atoms with Gasteiger partial charge in [-0.05, 0) is 56.6 Å². The van der Waals surface area contributed by atoms with Crippen LogP contribution >= 0.6 is 0 Å². The van der Waals surface area contributed by atoms with E-state index in [1.807, 2.05) is 6.07 Å². The second-order valence-corrected chi connectivity index (χ2v) is 9.41. The second-order valence-electron chi connectivity index (χ2n) is 9.41. The summed E-state index contributed by atoms with van der Waals surface area (Å²) < 4.78 is 5.40. The van der Waals surface area contributed by atoms with Crippen LogP contribution in [0.4, 0.5) is 0 Å². The Morgan fingerprint density at radius 3 is 1.91 bits per heavy atom. The Hall–Kier alpha value is -1.77. The van der Waals surface area contributed by atoms with Crippen LogP contribution in [-0.2, 0) is 11.2 Å². The molecule has 0 spiro atoms. The third-order valence-corrected chi connectivity index (χ3v) is 6.23. The van der Waals surface area contributed by atoms with E-state index in [0.29, 0.717) is 12.2 Å². The molecule has 0 heterocycles. The van der Waals surface area contributed by atoms with Crippen molar-refractivity contribution >= 4 is 5.97 Å². The lowest BCUT2D eigenvalue weighted by Gasteiger charge is -2.08. The molecule has 0 aromatic heterocycles. The number of phenols is 1. The molecule has 0 aliphatic rings. The van der Waals surface area contributed by atoms with Crippen LogP contribution in [0.3, 0.4) is 0 Å². The first-order chi connectivity index (χ1) is 16.2. The van der Waals surface area contributed by atoms with Gasteiger partial charge in [-0.3, -0.25) is 4.79 Å². The summed E-state index contributed by atoms with van der Waals surface area (Å²) in [6.45, 7) is 4.46. The number of rotatable bonds is 21. The van der Waals surface area contributed by atoms with Gasteiger partial charge in [0.15, 0.2) is 0 Å². The number of hydrogen-bond acceptors (Lipinski definition) is 3. The highest BCUT2D eigenvalue weighted by Gasteiger charge is 2.08. The van der Waals surface area contributed by atoms with Crippen molar-refractivity contribution in [2.45, 2.75) is 136 Å². The summed E-state index contributed by atoms with van der Waals surface area (Å²) in [4.78, 5) is 12.1. The van der Waals surface area contributed by atoms with Crippen molar-refractivity contribution < 1.29 is 14.6 Å². The summed E-state index contributed by atoms with van der Waals surface area (Å²) >= 11 is 0. The van der Waals surface area contributed by atoms with Gasteiger partial charge in [0.1, 0.15) is 11.5 Å². The van der Waals surface area contributed by atoms with Gasteiger partial charge in [-0.25, -0.2) is 0 Å². The quantitative estimate of drug-likeness (QED) is 0.0863. The summed E-state index contributed by atoms with van der Waals surface area (Å²) in [5, 5.41) is 10.2. The number of phenolic OH excluding ortho intramolecular Hbond substituents is 1. The number of carbonyl (C=O) groups excluding carboxylic acids is 1. The van der Waals surface area contributed by atoms with E-state index < -0.39 is 0 Å². The lowest BCUT2D eigenvalue weighted by Crippen LogP contribution is -2.07. The minimum absolute atomic E-state index is 0.206. The molecule has 0 aliphatic carbocycles. The van der Waals surface area contributed by atoms with Crippen molar-refractivity contribution in [3.05, 3.63) is 35.9 Å². The predicted octanol–water partition coefficient (Wildman–Crippen LogP) is 9.46. The molecule has 1 aromatic carbocycles. The van der Waals surface area contributed by atoms with Gasteiger partial charge in [0.2, 0.25) is 0 Å². The van der Waals surface area contributed by atoms with E-state index in [1.54, 1.807) is 12.1 Å². The first kappa shape index (κ1) is 29.3. The standard InChI is InChI=1S/C30H50O3/c1-3-5-7-9-10-11-12-13-14-15-16-17-18-19-21-23-30(32)33-28-25-24-27(29(31)26-28)22-20-8-6-4-2/h13-14,24-26,31H,3-12,15-23H2,1-2H3/b14-13-. The van der Waals surface area contributed by atoms with Gasteiger partial charge in [0.25, 0.3) is 0 Å². The smallest absolute Gasteiger partial charge is 0.311 e. The average Bonchev–Trinajstić information content (AvgIpc) is 2.80. The molecule has 0 saturated carbocycles. The van der Waals surface area contributed by atoms with Crippen LogP contribution in [0.25, 0.3) is 0 Å². The van der Waals surface area contributed by atoms with Crippen LogP contribution in [0.1, 0.15) is 135 Å². The number of benzene rings is 1. The predicted molar refractivity (Wildman–Crippen MR) is 141 cm³/mol. The van der Waals surface area contributed by atoms with Crippen LogP contribution in [0.15, 0.2) is 30.4 Å². The summed E-state index contributed by atoms with van der Waals surface area (Å²) in [5.74, 6) is 0.475. The number of ether oxygens (including phenoxy) is 1. The molecule has 1 N–H and O–H groups in total. The lowest BCUT2D eigenvalue weighted by molar-refractivity contribution is -0.134. The molecular weight excluding hydrogens is 408 g/mol. The van der Waals surface area contributed by atoms with Crippen LogP contribution in [0.5, 0.6) is 11.5 Å². The number of hydrogen-bond donors (Lipinski definition) is 1. The van der Waals surface area contributed by atoms with Gasteiger partial charge in [-0.1, -0.05) is 103 Å². The molecule has 33 heavy (non-hydrogen) atoms. The highest BCUT2D eigenvalue weighted by Crippen LogP contribution is 2.25. The van der Waals surface area contributed by atoms with E-state index in [0.717, 1.165) is 31.2 Å². The summed E-state index contributed by atoms with van der Waals surface area (Å²) in [6.07, 6.45) is 26.9. The highest BCUT2D eigenvalue weighted by atomic mass is 16.5. The minimum Gasteiger partial charge on any atom is -0.508 e. The number of aryl methyl sites for hydroxylation is 1. The van der Waals surface area contributed by atoms with E-state index in [4.69, 9.17) is 4.74 Å². The number of unbranched alkanes of at least 4 members (excludes halogenated alkanes) is 14. The molecule has 3 nitrogen and oxygen atoms in total. The van der Waals surface area contributed by atoms with Gasteiger partial charge in [-0.15, -0.1) is 0 Å². The minimum atomic E-state index is -0.206.